The van der Waals surface area contributed by atoms with Crippen LogP contribution in [0, 0.1) is 5.82 Å². The second kappa shape index (κ2) is 5.49. The number of ether oxygens (including phenoxy) is 2. The number of aliphatic hydroxyl groups excluding tert-OH is 1. The van der Waals surface area contributed by atoms with Gasteiger partial charge in [-0.25, -0.2) is 9.18 Å². The van der Waals surface area contributed by atoms with Gasteiger partial charge in [0.2, 0.25) is 0 Å². The lowest BCUT2D eigenvalue weighted by Crippen LogP contribution is -2.15. The van der Waals surface area contributed by atoms with Gasteiger partial charge in [0.25, 0.3) is 0 Å². The first kappa shape index (κ1) is 13.2. The molecule has 0 saturated carbocycles. The standard InChI is InChI=1S/C11H13FO5/c1-3-17-11(15)10(14)6-4-9(16-2)7(12)5-8(6)13/h4-5,10,13-14H,3H2,1-2H3. The molecular formula is C11H13FO5. The van der Waals surface area contributed by atoms with Crippen LogP contribution >= 0.6 is 0 Å². The van der Waals surface area contributed by atoms with E-state index in [-0.39, 0.29) is 17.9 Å². The number of aromatic hydroxyl groups is 1. The minimum Gasteiger partial charge on any atom is -0.507 e. The second-order valence-electron chi connectivity index (χ2n) is 3.20. The molecule has 0 spiro atoms. The summed E-state index contributed by atoms with van der Waals surface area (Å²) in [6, 6.07) is 1.81. The summed E-state index contributed by atoms with van der Waals surface area (Å²) in [5, 5.41) is 19.0. The largest absolute Gasteiger partial charge is 0.507 e. The van der Waals surface area contributed by atoms with Crippen molar-refractivity contribution in [3.63, 3.8) is 0 Å². The number of phenolic OH excluding ortho intramolecular Hbond substituents is 1. The third-order valence-corrected chi connectivity index (χ3v) is 2.11. The Morgan fingerprint density at radius 2 is 2.18 bits per heavy atom. The number of carbonyl (C=O) groups is 1. The summed E-state index contributed by atoms with van der Waals surface area (Å²) in [4.78, 5) is 11.3. The van der Waals surface area contributed by atoms with E-state index in [2.05, 4.69) is 9.47 Å². The Kier molecular flexibility index (Phi) is 4.28. The lowest BCUT2D eigenvalue weighted by atomic mass is 10.1. The van der Waals surface area contributed by atoms with E-state index in [4.69, 9.17) is 0 Å². The molecule has 0 aromatic heterocycles. The van der Waals surface area contributed by atoms with Crippen LogP contribution in [0.1, 0.15) is 18.6 Å². The third-order valence-electron chi connectivity index (χ3n) is 2.11. The van der Waals surface area contributed by atoms with Crippen molar-refractivity contribution >= 4 is 5.97 Å². The quantitative estimate of drug-likeness (QED) is 0.777. The number of hydrogen-bond acceptors (Lipinski definition) is 5. The fourth-order valence-corrected chi connectivity index (χ4v) is 1.28. The number of methoxy groups -OCH3 is 1. The first-order valence-corrected chi connectivity index (χ1v) is 4.92. The molecule has 0 bridgehead atoms. The van der Waals surface area contributed by atoms with Gasteiger partial charge in [0, 0.05) is 11.6 Å². The highest BCUT2D eigenvalue weighted by atomic mass is 19.1. The minimum atomic E-state index is -1.68. The van der Waals surface area contributed by atoms with Gasteiger partial charge in [-0.2, -0.15) is 0 Å². The summed E-state index contributed by atoms with van der Waals surface area (Å²) in [6.07, 6.45) is -1.68. The number of hydrogen-bond donors (Lipinski definition) is 2. The van der Waals surface area contributed by atoms with Gasteiger partial charge in [-0.1, -0.05) is 0 Å². The molecule has 6 heteroatoms. The van der Waals surface area contributed by atoms with Crippen molar-refractivity contribution in [3.8, 4) is 11.5 Å². The van der Waals surface area contributed by atoms with Crippen molar-refractivity contribution in [2.45, 2.75) is 13.0 Å². The van der Waals surface area contributed by atoms with Crippen LogP contribution in [0.15, 0.2) is 12.1 Å². The van der Waals surface area contributed by atoms with Gasteiger partial charge in [0.15, 0.2) is 17.7 Å². The van der Waals surface area contributed by atoms with Crippen LogP contribution in [0.5, 0.6) is 11.5 Å². The summed E-state index contributed by atoms with van der Waals surface area (Å²) in [6.45, 7) is 1.67. The summed E-state index contributed by atoms with van der Waals surface area (Å²) < 4.78 is 22.4. The van der Waals surface area contributed by atoms with Crippen molar-refractivity contribution in [1.82, 2.24) is 0 Å². The molecule has 1 atom stereocenters. The zero-order chi connectivity index (χ0) is 13.0. The van der Waals surface area contributed by atoms with Gasteiger partial charge in [-0.05, 0) is 13.0 Å². The smallest absolute Gasteiger partial charge is 0.339 e. The van der Waals surface area contributed by atoms with E-state index in [1.807, 2.05) is 0 Å². The van der Waals surface area contributed by atoms with Gasteiger partial charge >= 0.3 is 5.97 Å². The Morgan fingerprint density at radius 1 is 1.53 bits per heavy atom. The molecule has 0 heterocycles. The van der Waals surface area contributed by atoms with Gasteiger partial charge in [-0.3, -0.25) is 0 Å². The molecule has 17 heavy (non-hydrogen) atoms. The maximum Gasteiger partial charge on any atom is 0.339 e. The molecule has 0 aliphatic heterocycles. The van der Waals surface area contributed by atoms with Gasteiger partial charge in [0.05, 0.1) is 13.7 Å². The number of carbonyl (C=O) groups excluding carboxylic acids is 1. The van der Waals surface area contributed by atoms with E-state index in [1.165, 1.54) is 7.11 Å². The van der Waals surface area contributed by atoms with E-state index < -0.39 is 23.6 Å². The van der Waals surface area contributed by atoms with Crippen molar-refractivity contribution in [1.29, 1.82) is 0 Å². The second-order valence-corrected chi connectivity index (χ2v) is 3.20. The zero-order valence-electron chi connectivity index (χ0n) is 9.44. The Labute approximate surface area is 97.4 Å². The van der Waals surface area contributed by atoms with Crippen molar-refractivity contribution in [2.24, 2.45) is 0 Å². The molecule has 1 rings (SSSR count). The number of aliphatic hydroxyl groups is 1. The molecule has 0 fully saturated rings. The van der Waals surface area contributed by atoms with E-state index >= 15 is 0 Å². The molecule has 94 valence electrons. The van der Waals surface area contributed by atoms with Gasteiger partial charge in [0.1, 0.15) is 5.75 Å². The molecule has 0 aliphatic rings. The number of rotatable bonds is 4. The molecule has 0 aliphatic carbocycles. The molecule has 1 unspecified atom stereocenters. The summed E-state index contributed by atoms with van der Waals surface area (Å²) in [5.41, 5.74) is -0.165. The number of halogens is 1. The van der Waals surface area contributed by atoms with Crippen molar-refractivity contribution in [2.75, 3.05) is 13.7 Å². The summed E-state index contributed by atoms with van der Waals surface area (Å²) in [7, 11) is 1.23. The zero-order valence-corrected chi connectivity index (χ0v) is 9.44. The van der Waals surface area contributed by atoms with E-state index in [0.717, 1.165) is 12.1 Å². The Balaban J connectivity index is 3.08. The Hall–Kier alpha value is -1.82. The Morgan fingerprint density at radius 3 is 2.71 bits per heavy atom. The average Bonchev–Trinajstić information content (AvgIpc) is 2.29. The average molecular weight is 244 g/mol. The summed E-state index contributed by atoms with van der Waals surface area (Å²) in [5.74, 6) is -2.42. The van der Waals surface area contributed by atoms with Crippen LogP contribution in [0.25, 0.3) is 0 Å². The highest BCUT2D eigenvalue weighted by Gasteiger charge is 2.24. The molecule has 1 aromatic rings. The molecule has 2 N–H and O–H groups in total. The minimum absolute atomic E-state index is 0.0922. The normalized spacial score (nSPS) is 12.0. The van der Waals surface area contributed by atoms with Crippen LogP contribution in [0.3, 0.4) is 0 Å². The maximum absolute atomic E-state index is 13.2. The first-order chi connectivity index (χ1) is 8.01. The van der Waals surface area contributed by atoms with Crippen LogP contribution in [-0.2, 0) is 9.53 Å². The molecule has 5 nitrogen and oxygen atoms in total. The molecule has 0 amide bonds. The monoisotopic (exact) mass is 244 g/mol. The Bertz CT molecular complexity index is 419. The fourth-order valence-electron chi connectivity index (χ4n) is 1.28. The van der Waals surface area contributed by atoms with E-state index in [1.54, 1.807) is 6.92 Å². The van der Waals surface area contributed by atoms with Gasteiger partial charge in [-0.15, -0.1) is 0 Å². The van der Waals surface area contributed by atoms with Crippen LogP contribution in [0.4, 0.5) is 4.39 Å². The predicted octanol–water partition coefficient (Wildman–Crippen LogP) is 1.14. The molecular weight excluding hydrogens is 231 g/mol. The van der Waals surface area contributed by atoms with Crippen LogP contribution in [-0.4, -0.2) is 29.9 Å². The summed E-state index contributed by atoms with van der Waals surface area (Å²) >= 11 is 0. The van der Waals surface area contributed by atoms with Crippen molar-refractivity contribution < 1.29 is 28.9 Å². The van der Waals surface area contributed by atoms with E-state index in [0.29, 0.717) is 0 Å². The maximum atomic E-state index is 13.2. The number of esters is 1. The first-order valence-electron chi connectivity index (χ1n) is 4.92. The fraction of sp³-hybridized carbons (Fsp3) is 0.364. The van der Waals surface area contributed by atoms with E-state index in [9.17, 15) is 19.4 Å². The molecule has 0 radical (unpaired) electrons. The lowest BCUT2D eigenvalue weighted by molar-refractivity contribution is -0.153. The lowest BCUT2D eigenvalue weighted by Gasteiger charge is -2.13. The third kappa shape index (κ3) is 2.85. The molecule has 0 saturated heterocycles. The number of benzene rings is 1. The predicted molar refractivity (Wildman–Crippen MR) is 56.2 cm³/mol. The highest BCUT2D eigenvalue weighted by Crippen LogP contribution is 2.31. The highest BCUT2D eigenvalue weighted by molar-refractivity contribution is 5.77. The van der Waals surface area contributed by atoms with Crippen molar-refractivity contribution in [3.05, 3.63) is 23.5 Å². The number of phenols is 1. The van der Waals surface area contributed by atoms with Gasteiger partial charge < -0.3 is 19.7 Å². The SMILES string of the molecule is CCOC(=O)C(O)c1cc(OC)c(F)cc1O. The van der Waals surface area contributed by atoms with Crippen LogP contribution in [0.2, 0.25) is 0 Å². The molecule has 1 aromatic carbocycles. The van der Waals surface area contributed by atoms with Crippen LogP contribution < -0.4 is 4.74 Å². The topological polar surface area (TPSA) is 76.0 Å².